The molecule has 0 heterocycles. The molecule has 0 atom stereocenters. The Bertz CT molecular complexity index is 2380. The number of azo groups is 2. The third-order valence-electron chi connectivity index (χ3n) is 15.2. The van der Waals surface area contributed by atoms with Crippen LogP contribution in [0.3, 0.4) is 0 Å². The van der Waals surface area contributed by atoms with Crippen LogP contribution in [0, 0.1) is 0 Å². The summed E-state index contributed by atoms with van der Waals surface area (Å²) < 4.78 is 128. The van der Waals surface area contributed by atoms with Gasteiger partial charge in [-0.15, -0.1) is 0 Å². The zero-order chi connectivity index (χ0) is 75.2. The molecule has 0 radical (unpaired) electrons. The maximum atomic E-state index is 5.78. The average Bonchev–Trinajstić information content (AvgIpc) is 0.906. The van der Waals surface area contributed by atoms with E-state index in [4.69, 9.17) is 109 Å². The zero-order valence-corrected chi connectivity index (χ0v) is 64.6. The van der Waals surface area contributed by atoms with Crippen molar-refractivity contribution in [1.29, 1.82) is 0 Å². The minimum Gasteiger partial charge on any atom is -0.491 e. The van der Waals surface area contributed by atoms with Crippen molar-refractivity contribution in [3.8, 4) is 11.5 Å². The quantitative estimate of drug-likeness (QED) is 0.0294. The van der Waals surface area contributed by atoms with Gasteiger partial charge in [0.05, 0.1) is 300 Å². The fourth-order valence-corrected chi connectivity index (χ4v) is 9.36. The number of unbranched alkanes of at least 4 members (excludes halogenated alkanes) is 6. The summed E-state index contributed by atoms with van der Waals surface area (Å²) in [7, 11) is 0. The van der Waals surface area contributed by atoms with Gasteiger partial charge in [0.25, 0.3) is 0 Å². The summed E-state index contributed by atoms with van der Waals surface area (Å²) in [5.74, 6) is 1.51. The van der Waals surface area contributed by atoms with Crippen LogP contribution < -0.4 is 9.47 Å². The summed E-state index contributed by atoms with van der Waals surface area (Å²) >= 11 is 0. The first-order valence-corrected chi connectivity index (χ1v) is 38.8. The number of hydrogen-bond acceptors (Lipinski definition) is 27. The van der Waals surface area contributed by atoms with E-state index in [1.54, 1.807) is 0 Å². The highest BCUT2D eigenvalue weighted by Crippen LogP contribution is 2.24. The van der Waals surface area contributed by atoms with Crippen LogP contribution in [0.2, 0.25) is 0 Å². The molecule has 27 heteroatoms. The molecule has 0 spiro atoms. The highest BCUT2D eigenvalue weighted by molar-refractivity contribution is 5.44. The Kier molecular flexibility index (Phi) is 66.0. The lowest BCUT2D eigenvalue weighted by Gasteiger charge is -2.09. The Balaban J connectivity index is 0.710. The largest absolute Gasteiger partial charge is 0.491 e. The second-order valence-electron chi connectivity index (χ2n) is 23.9. The third-order valence-corrected chi connectivity index (χ3v) is 15.2. The first-order valence-electron chi connectivity index (χ1n) is 38.8. The molecule has 0 amide bonds. The van der Waals surface area contributed by atoms with Gasteiger partial charge in [-0.3, -0.25) is 0 Å². The molecule has 0 bridgehead atoms. The van der Waals surface area contributed by atoms with E-state index in [0.29, 0.717) is 291 Å². The maximum Gasteiger partial charge on any atom is 0.119 e. The van der Waals surface area contributed by atoms with E-state index >= 15 is 0 Å². The lowest BCUT2D eigenvalue weighted by Crippen LogP contribution is -2.16. The lowest BCUT2D eigenvalue weighted by atomic mass is 10.1. The second kappa shape index (κ2) is 74.9. The van der Waals surface area contributed by atoms with Crippen LogP contribution >= 0.6 is 0 Å². The summed E-state index contributed by atoms with van der Waals surface area (Å²) in [5, 5.41) is 17.4. The van der Waals surface area contributed by atoms with E-state index < -0.39 is 0 Å². The molecule has 0 fully saturated rings. The monoisotopic (exact) mass is 1510 g/mol. The molecule has 0 aliphatic rings. The molecule has 0 unspecified atom stereocenters. The van der Waals surface area contributed by atoms with Crippen molar-refractivity contribution in [2.75, 3.05) is 291 Å². The van der Waals surface area contributed by atoms with Gasteiger partial charge in [-0.2, -0.15) is 20.5 Å². The molecule has 4 aromatic carbocycles. The van der Waals surface area contributed by atoms with E-state index in [2.05, 4.69) is 58.6 Å². The SMILES string of the molecule is CCCCCCc1ccc(N=Nc2ccc(OCCOCCOCCOCCOCCOCCOCCOCCOCCOCCOCCOCCOCCOCCOCCOCCOCCOCCOCCOCCOCCOCCOc3ccc(N=Nc4ccc(CCCCCC)cc4)cc3)cc2)cc1. The fourth-order valence-electron chi connectivity index (χ4n) is 9.36. The average molecular weight is 1520 g/mol. The van der Waals surface area contributed by atoms with Crippen LogP contribution in [-0.2, 0) is 112 Å². The second-order valence-corrected chi connectivity index (χ2v) is 23.9. The van der Waals surface area contributed by atoms with Gasteiger partial charge in [-0.1, -0.05) is 76.6 Å². The van der Waals surface area contributed by atoms with Gasteiger partial charge in [0.15, 0.2) is 0 Å². The predicted octanol–water partition coefficient (Wildman–Crippen LogP) is 12.6. The molecule has 0 aromatic heterocycles. The number of hydrogen-bond donors (Lipinski definition) is 0. The van der Waals surface area contributed by atoms with Gasteiger partial charge >= 0.3 is 0 Å². The molecule has 0 saturated carbocycles. The van der Waals surface area contributed by atoms with Gasteiger partial charge in [0.1, 0.15) is 24.7 Å². The first-order chi connectivity index (χ1) is 53.2. The van der Waals surface area contributed by atoms with E-state index in [-0.39, 0.29) is 0 Å². The minimum absolute atomic E-state index is 0.440. The summed E-state index contributed by atoms with van der Waals surface area (Å²) in [6.07, 6.45) is 12.3. The van der Waals surface area contributed by atoms with Crippen LogP contribution in [0.5, 0.6) is 11.5 Å². The van der Waals surface area contributed by atoms with Crippen LogP contribution in [-0.4, -0.2) is 291 Å². The number of nitrogens with zero attached hydrogens (tertiary/aromatic N) is 4. The third kappa shape index (κ3) is 61.2. The van der Waals surface area contributed by atoms with Gasteiger partial charge < -0.3 is 109 Å². The highest BCUT2D eigenvalue weighted by atomic mass is 16.6. The van der Waals surface area contributed by atoms with Crippen molar-refractivity contribution >= 4 is 22.7 Å². The molecule has 4 aromatic rings. The Morgan fingerprint density at radius 1 is 0.168 bits per heavy atom. The Hall–Kier alpha value is -5.16. The zero-order valence-electron chi connectivity index (χ0n) is 64.6. The molecule has 27 nitrogen and oxygen atoms in total. The number of benzene rings is 4. The van der Waals surface area contributed by atoms with Crippen LogP contribution in [0.15, 0.2) is 118 Å². The summed E-state index contributed by atoms with van der Waals surface area (Å²) in [5.41, 5.74) is 5.91. The smallest absolute Gasteiger partial charge is 0.119 e. The number of rotatable bonds is 82. The molecule has 107 heavy (non-hydrogen) atoms. The fraction of sp³-hybridized carbons (Fsp3) is 0.700. The number of aryl methyl sites for hydroxylation is 2. The summed E-state index contributed by atoms with van der Waals surface area (Å²) in [4.78, 5) is 0. The topological polar surface area (TPSA) is 262 Å². The normalized spacial score (nSPS) is 11.8. The molecule has 608 valence electrons. The van der Waals surface area contributed by atoms with Crippen molar-refractivity contribution in [3.63, 3.8) is 0 Å². The molecule has 0 aliphatic carbocycles. The van der Waals surface area contributed by atoms with E-state index in [1.165, 1.54) is 62.5 Å². The minimum atomic E-state index is 0.440. The van der Waals surface area contributed by atoms with Crippen LogP contribution in [0.4, 0.5) is 22.7 Å². The van der Waals surface area contributed by atoms with Gasteiger partial charge in [0.2, 0.25) is 0 Å². The van der Waals surface area contributed by atoms with Gasteiger partial charge in [-0.05, 0) is 110 Å². The molecular weight excluding hydrogens is 1380 g/mol. The lowest BCUT2D eigenvalue weighted by molar-refractivity contribution is -0.0316. The first kappa shape index (κ1) is 94.2. The van der Waals surface area contributed by atoms with Crippen molar-refractivity contribution in [3.05, 3.63) is 108 Å². The maximum absolute atomic E-state index is 5.78. The number of ether oxygens (including phenoxy) is 23. The molecular formula is C80H130N4O23. The van der Waals surface area contributed by atoms with E-state index in [1.807, 2.05) is 72.8 Å². The molecule has 4 rings (SSSR count). The van der Waals surface area contributed by atoms with E-state index in [0.717, 1.165) is 47.1 Å². The summed E-state index contributed by atoms with van der Waals surface area (Å²) in [6, 6.07) is 31.7. The Morgan fingerprint density at radius 3 is 0.477 bits per heavy atom. The molecule has 0 aliphatic heterocycles. The molecule has 0 saturated heterocycles. The Labute approximate surface area is 638 Å². The predicted molar refractivity (Wildman–Crippen MR) is 408 cm³/mol. The van der Waals surface area contributed by atoms with Gasteiger partial charge in [0, 0.05) is 0 Å². The van der Waals surface area contributed by atoms with Crippen LogP contribution in [0.1, 0.15) is 76.3 Å². The van der Waals surface area contributed by atoms with Crippen molar-refractivity contribution < 1.29 is 109 Å². The summed E-state index contributed by atoms with van der Waals surface area (Å²) in [6.45, 7) is 25.6. The van der Waals surface area contributed by atoms with Crippen LogP contribution in [0.25, 0.3) is 0 Å². The van der Waals surface area contributed by atoms with Crippen molar-refractivity contribution in [1.82, 2.24) is 0 Å². The Morgan fingerprint density at radius 2 is 0.318 bits per heavy atom. The standard InChI is InChI=1S/C80H130N4O23/c1-3-5-7-9-11-73-13-17-75(18-14-73)81-83-77-21-25-79(26-22-77)106-71-69-104-67-65-102-63-61-100-59-57-98-55-53-96-51-49-94-47-45-92-43-41-90-39-37-88-35-33-86-31-29-85-30-32-87-34-36-89-38-40-91-42-44-93-46-48-95-50-52-97-54-56-99-58-60-101-62-64-103-66-68-105-70-72-107-80-27-23-78(24-28-80)84-82-76-19-15-74(16-20-76)12-10-8-6-4-2/h13-28H,3-12,29-72H2,1-2H3. The van der Waals surface area contributed by atoms with Crippen molar-refractivity contribution in [2.45, 2.75) is 78.1 Å². The van der Waals surface area contributed by atoms with Crippen molar-refractivity contribution in [2.24, 2.45) is 20.5 Å². The highest BCUT2D eigenvalue weighted by Gasteiger charge is 2.05. The molecule has 0 N–H and O–H groups in total. The van der Waals surface area contributed by atoms with E-state index in [9.17, 15) is 0 Å². The van der Waals surface area contributed by atoms with Gasteiger partial charge in [-0.25, -0.2) is 0 Å².